The van der Waals surface area contributed by atoms with E-state index >= 15 is 0 Å². The van der Waals surface area contributed by atoms with Crippen molar-refractivity contribution < 1.29 is 28.9 Å². The van der Waals surface area contributed by atoms with Crippen molar-refractivity contribution >= 4 is 11.9 Å². The highest BCUT2D eigenvalue weighted by atomic mass is 16.6. The molecule has 1 heterocycles. The average molecular weight is 713 g/mol. The molecule has 6 nitrogen and oxygen atoms in total. The molecule has 3 atom stereocenters. The number of allylic oxidation sites excluding steroid dienone is 8. The van der Waals surface area contributed by atoms with Crippen molar-refractivity contribution in [3.8, 4) is 0 Å². The van der Waals surface area contributed by atoms with Gasteiger partial charge in [-0.05, 0) is 57.3 Å². The quantitative estimate of drug-likeness (QED) is 0.0305. The molecule has 1 aliphatic rings. The predicted octanol–water partition coefficient (Wildman–Crippen LogP) is 12.0. The molecule has 1 saturated heterocycles. The minimum atomic E-state index is -0.999. The second-order valence-electron chi connectivity index (χ2n) is 14.6. The molecule has 1 rings (SSSR count). The van der Waals surface area contributed by atoms with E-state index in [9.17, 15) is 14.7 Å². The Morgan fingerprint density at radius 2 is 0.980 bits per heavy atom. The van der Waals surface area contributed by atoms with Crippen LogP contribution in [0, 0.1) is 5.92 Å². The lowest BCUT2D eigenvalue weighted by Gasteiger charge is -2.12. The minimum absolute atomic E-state index is 0.143. The molecule has 0 aliphatic carbocycles. The van der Waals surface area contributed by atoms with Crippen LogP contribution in [-0.4, -0.2) is 48.6 Å². The Balaban J connectivity index is 1.86. The molecule has 6 heteroatoms. The van der Waals surface area contributed by atoms with Gasteiger partial charge < -0.3 is 19.3 Å². The van der Waals surface area contributed by atoms with Gasteiger partial charge in [0.05, 0.1) is 12.2 Å². The van der Waals surface area contributed by atoms with Gasteiger partial charge in [-0.1, -0.05) is 171 Å². The zero-order valence-corrected chi connectivity index (χ0v) is 33.0. The number of hydrogen-bond donors (Lipinski definition) is 1. The molecule has 0 aromatic carbocycles. The summed E-state index contributed by atoms with van der Waals surface area (Å²) in [6, 6.07) is 0. The number of hydrogen-bond acceptors (Lipinski definition) is 6. The summed E-state index contributed by atoms with van der Waals surface area (Å²) >= 11 is 0. The van der Waals surface area contributed by atoms with Gasteiger partial charge in [0.1, 0.15) is 19.3 Å². The highest BCUT2D eigenvalue weighted by Gasteiger charge is 2.35. The molecular formula is C45H76O6. The Morgan fingerprint density at radius 3 is 1.47 bits per heavy atom. The molecule has 1 aliphatic heterocycles. The van der Waals surface area contributed by atoms with Crippen LogP contribution in [-0.2, 0) is 23.8 Å². The first kappa shape index (κ1) is 46.6. The van der Waals surface area contributed by atoms with Gasteiger partial charge in [0.2, 0.25) is 0 Å². The summed E-state index contributed by atoms with van der Waals surface area (Å²) in [5.74, 6) is 0.182. The maximum atomic E-state index is 12.0. The van der Waals surface area contributed by atoms with E-state index in [1.807, 2.05) is 12.2 Å². The van der Waals surface area contributed by atoms with Crippen LogP contribution in [0.4, 0.5) is 0 Å². The van der Waals surface area contributed by atoms with E-state index in [1.165, 1.54) is 77.0 Å². The molecule has 1 fully saturated rings. The van der Waals surface area contributed by atoms with Crippen molar-refractivity contribution in [3.63, 3.8) is 0 Å². The summed E-state index contributed by atoms with van der Waals surface area (Å²) < 4.78 is 16.0. The van der Waals surface area contributed by atoms with Gasteiger partial charge in [-0.2, -0.15) is 0 Å². The fourth-order valence-corrected chi connectivity index (χ4v) is 5.87. The van der Waals surface area contributed by atoms with Gasteiger partial charge in [0.15, 0.2) is 0 Å². The molecule has 2 unspecified atom stereocenters. The summed E-state index contributed by atoms with van der Waals surface area (Å²) in [5, 5.41) is 10.0. The molecular weight excluding hydrogens is 636 g/mol. The Bertz CT molecular complexity index is 977. The van der Waals surface area contributed by atoms with Gasteiger partial charge in [-0.25, -0.2) is 0 Å². The summed E-state index contributed by atoms with van der Waals surface area (Å²) in [6.45, 7) is 6.47. The normalized spacial score (nSPS) is 16.9. The highest BCUT2D eigenvalue weighted by molar-refractivity contribution is 5.70. The van der Waals surface area contributed by atoms with Gasteiger partial charge >= 0.3 is 11.9 Å². The number of aliphatic hydroxyl groups is 1. The van der Waals surface area contributed by atoms with Crippen LogP contribution < -0.4 is 0 Å². The van der Waals surface area contributed by atoms with Crippen molar-refractivity contribution in [2.75, 3.05) is 13.2 Å². The first-order valence-electron chi connectivity index (χ1n) is 20.8. The Hall–Kier alpha value is -2.44. The number of ether oxygens (including phenoxy) is 3. The molecule has 0 bridgehead atoms. The first-order chi connectivity index (χ1) is 24.9. The summed E-state index contributed by atoms with van der Waals surface area (Å²) in [7, 11) is 0. The SMILES string of the molecule is CC/C=C\CC1OC1C/C=C\C/C=C\C/C=C\C/C=C\CCC(=O)OC[C@H](O)COC(=O)CCCCCCCCCCCCCCCCC(C)C. The molecule has 292 valence electrons. The number of carbonyl (C=O) groups is 2. The molecule has 0 radical (unpaired) electrons. The molecule has 0 aromatic heterocycles. The Kier molecular flexibility index (Phi) is 31.6. The van der Waals surface area contributed by atoms with E-state index in [1.54, 1.807) is 0 Å². The zero-order chi connectivity index (χ0) is 37.0. The lowest BCUT2D eigenvalue weighted by Crippen LogP contribution is -2.25. The van der Waals surface area contributed by atoms with Crippen LogP contribution in [0.1, 0.15) is 175 Å². The maximum Gasteiger partial charge on any atom is 0.306 e. The minimum Gasteiger partial charge on any atom is -0.463 e. The lowest BCUT2D eigenvalue weighted by molar-refractivity contribution is -0.152. The van der Waals surface area contributed by atoms with Gasteiger partial charge in [0.25, 0.3) is 0 Å². The predicted molar refractivity (Wildman–Crippen MR) is 214 cm³/mol. The molecule has 0 aromatic rings. The van der Waals surface area contributed by atoms with E-state index in [-0.39, 0.29) is 31.6 Å². The molecule has 1 N–H and O–H groups in total. The van der Waals surface area contributed by atoms with E-state index in [0.29, 0.717) is 25.0 Å². The largest absolute Gasteiger partial charge is 0.463 e. The number of esters is 2. The molecule has 51 heavy (non-hydrogen) atoms. The zero-order valence-electron chi connectivity index (χ0n) is 33.0. The van der Waals surface area contributed by atoms with Crippen LogP contribution >= 0.6 is 0 Å². The Morgan fingerprint density at radius 1 is 0.569 bits per heavy atom. The van der Waals surface area contributed by atoms with Crippen molar-refractivity contribution in [3.05, 3.63) is 60.8 Å². The molecule has 0 saturated carbocycles. The number of epoxide rings is 1. The summed E-state index contributed by atoms with van der Waals surface area (Å²) in [4.78, 5) is 24.0. The fraction of sp³-hybridized carbons (Fsp3) is 0.733. The third-order valence-electron chi connectivity index (χ3n) is 9.11. The highest BCUT2D eigenvalue weighted by Crippen LogP contribution is 2.29. The third kappa shape index (κ3) is 33.2. The Labute approximate surface area is 313 Å². The van der Waals surface area contributed by atoms with Crippen LogP contribution in [0.15, 0.2) is 60.8 Å². The number of rotatable bonds is 35. The smallest absolute Gasteiger partial charge is 0.306 e. The maximum absolute atomic E-state index is 12.0. The van der Waals surface area contributed by atoms with Crippen LogP contribution in [0.25, 0.3) is 0 Å². The van der Waals surface area contributed by atoms with E-state index in [0.717, 1.165) is 63.7 Å². The van der Waals surface area contributed by atoms with Crippen LogP contribution in [0.5, 0.6) is 0 Å². The van der Waals surface area contributed by atoms with E-state index in [4.69, 9.17) is 14.2 Å². The first-order valence-corrected chi connectivity index (χ1v) is 20.8. The fourth-order valence-electron chi connectivity index (χ4n) is 5.87. The number of carbonyl (C=O) groups excluding carboxylic acids is 2. The second kappa shape index (κ2) is 34.6. The van der Waals surface area contributed by atoms with Crippen molar-refractivity contribution in [2.24, 2.45) is 5.92 Å². The standard InChI is InChI=1S/C45H76O6/c1-4-5-28-34-42-43(51-42)35-30-25-21-17-13-10-11-15-19-23-27-32-37-45(48)50-39-41(46)38-49-44(47)36-31-26-22-18-14-9-7-6-8-12-16-20-24-29-33-40(2)3/h5,11,13,15,17,23,25,27-28,30,40-43,46H,4,6-10,12,14,16,18-22,24,26,29,31-39H2,1-3H3/b15-11-,17-13-,27-23-,28-5-,30-25-/t41-,42?,43?/m1/s1. The third-order valence-corrected chi connectivity index (χ3v) is 9.11. The summed E-state index contributed by atoms with van der Waals surface area (Å²) in [5.41, 5.74) is 0. The van der Waals surface area contributed by atoms with Crippen LogP contribution in [0.3, 0.4) is 0 Å². The number of aliphatic hydroxyl groups excluding tert-OH is 1. The lowest BCUT2D eigenvalue weighted by atomic mass is 10.0. The van der Waals surface area contributed by atoms with Gasteiger partial charge in [-0.3, -0.25) is 9.59 Å². The monoisotopic (exact) mass is 713 g/mol. The second-order valence-corrected chi connectivity index (χ2v) is 14.6. The topological polar surface area (TPSA) is 85.4 Å². The van der Waals surface area contributed by atoms with E-state index < -0.39 is 6.10 Å². The molecule has 0 amide bonds. The van der Waals surface area contributed by atoms with E-state index in [2.05, 4.69) is 69.4 Å². The average Bonchev–Trinajstić information content (AvgIpc) is 3.87. The van der Waals surface area contributed by atoms with Crippen molar-refractivity contribution in [1.82, 2.24) is 0 Å². The van der Waals surface area contributed by atoms with Crippen molar-refractivity contribution in [2.45, 2.75) is 193 Å². The van der Waals surface area contributed by atoms with Crippen LogP contribution in [0.2, 0.25) is 0 Å². The van der Waals surface area contributed by atoms with Crippen molar-refractivity contribution in [1.29, 1.82) is 0 Å². The summed E-state index contributed by atoms with van der Waals surface area (Å²) in [6.07, 6.45) is 47.6. The van der Waals surface area contributed by atoms with Gasteiger partial charge in [0, 0.05) is 12.8 Å². The molecule has 0 spiro atoms. The van der Waals surface area contributed by atoms with Gasteiger partial charge in [-0.15, -0.1) is 0 Å². The number of unbranched alkanes of at least 4 members (excludes halogenated alkanes) is 13.